The van der Waals surface area contributed by atoms with Crippen LogP contribution < -0.4 is 5.32 Å². The Kier molecular flexibility index (Phi) is 3.68. The summed E-state index contributed by atoms with van der Waals surface area (Å²) in [4.78, 5) is 0. The molecular formula is C18H12Cl2N4. The van der Waals surface area contributed by atoms with Crippen molar-refractivity contribution in [3.8, 4) is 23.0 Å². The van der Waals surface area contributed by atoms with E-state index in [1.165, 1.54) is 0 Å². The van der Waals surface area contributed by atoms with Crippen molar-refractivity contribution in [2.75, 3.05) is 11.9 Å². The zero-order valence-corrected chi connectivity index (χ0v) is 14.1. The highest BCUT2D eigenvalue weighted by Gasteiger charge is 2.26. The molecule has 0 unspecified atom stereocenters. The van der Waals surface area contributed by atoms with Crippen LogP contribution in [0.2, 0.25) is 10.0 Å². The van der Waals surface area contributed by atoms with E-state index in [1.54, 1.807) is 16.8 Å². The number of rotatable bonds is 2. The molecule has 0 aliphatic carbocycles. The predicted molar refractivity (Wildman–Crippen MR) is 95.9 cm³/mol. The molecule has 1 aliphatic heterocycles. The maximum Gasteiger partial charge on any atom is 0.133 e. The molecule has 3 aromatic rings. The van der Waals surface area contributed by atoms with Gasteiger partial charge in [0.25, 0.3) is 0 Å². The quantitative estimate of drug-likeness (QED) is 0.726. The Morgan fingerprint density at radius 2 is 1.96 bits per heavy atom. The van der Waals surface area contributed by atoms with Crippen molar-refractivity contribution in [3.05, 3.63) is 63.6 Å². The van der Waals surface area contributed by atoms with E-state index in [0.29, 0.717) is 15.6 Å². The molecule has 0 saturated heterocycles. The van der Waals surface area contributed by atoms with Crippen LogP contribution in [-0.2, 0) is 6.42 Å². The predicted octanol–water partition coefficient (Wildman–Crippen LogP) is 4.69. The molecule has 24 heavy (non-hydrogen) atoms. The zero-order chi connectivity index (χ0) is 16.7. The first-order valence-electron chi connectivity index (χ1n) is 7.50. The van der Waals surface area contributed by atoms with Gasteiger partial charge in [0.1, 0.15) is 11.9 Å². The van der Waals surface area contributed by atoms with Gasteiger partial charge in [-0.25, -0.2) is 4.68 Å². The molecule has 6 heteroatoms. The summed E-state index contributed by atoms with van der Waals surface area (Å²) < 4.78 is 1.79. The van der Waals surface area contributed by atoms with E-state index in [-0.39, 0.29) is 0 Å². The third-order valence-electron chi connectivity index (χ3n) is 4.11. The Morgan fingerprint density at radius 3 is 2.79 bits per heavy atom. The molecule has 4 nitrogen and oxygen atoms in total. The number of nitriles is 1. The normalized spacial score (nSPS) is 12.5. The van der Waals surface area contributed by atoms with Gasteiger partial charge >= 0.3 is 0 Å². The first-order chi connectivity index (χ1) is 11.7. The van der Waals surface area contributed by atoms with Gasteiger partial charge in [-0.2, -0.15) is 10.4 Å². The van der Waals surface area contributed by atoms with E-state index >= 15 is 0 Å². The summed E-state index contributed by atoms with van der Waals surface area (Å²) in [5.41, 5.74) is 4.01. The number of nitrogens with one attached hydrogen (secondary N) is 1. The minimum absolute atomic E-state index is 0.493. The monoisotopic (exact) mass is 354 g/mol. The van der Waals surface area contributed by atoms with E-state index < -0.39 is 0 Å². The third-order valence-corrected chi connectivity index (χ3v) is 4.93. The lowest BCUT2D eigenvalue weighted by molar-refractivity contribution is 0.879. The Bertz CT molecular complexity index is 985. The number of nitrogens with zero attached hydrogens (tertiary/aromatic N) is 3. The fourth-order valence-corrected chi connectivity index (χ4v) is 3.39. The molecule has 4 rings (SSSR count). The smallest absolute Gasteiger partial charge is 0.133 e. The molecule has 0 bridgehead atoms. The van der Waals surface area contributed by atoms with Crippen molar-refractivity contribution in [3.63, 3.8) is 0 Å². The lowest BCUT2D eigenvalue weighted by Crippen LogP contribution is -2.05. The molecule has 1 aromatic heterocycles. The fourth-order valence-electron chi connectivity index (χ4n) is 3.00. The molecule has 1 aliphatic rings. The molecule has 2 heterocycles. The number of hydrogen-bond acceptors (Lipinski definition) is 3. The summed E-state index contributed by atoms with van der Waals surface area (Å²) in [7, 11) is 0. The van der Waals surface area contributed by atoms with Crippen molar-refractivity contribution >= 4 is 29.0 Å². The number of para-hydroxylation sites is 1. The minimum Gasteiger partial charge on any atom is -0.369 e. The van der Waals surface area contributed by atoms with E-state index in [1.807, 2.05) is 30.3 Å². The van der Waals surface area contributed by atoms with Crippen molar-refractivity contribution in [1.82, 2.24) is 9.78 Å². The van der Waals surface area contributed by atoms with E-state index in [0.717, 1.165) is 41.3 Å². The number of fused-ring (bicyclic) bond motifs is 1. The fraction of sp³-hybridized carbons (Fsp3) is 0.111. The molecule has 118 valence electrons. The van der Waals surface area contributed by atoms with Gasteiger partial charge in [0.05, 0.1) is 27.0 Å². The summed E-state index contributed by atoms with van der Waals surface area (Å²) >= 11 is 12.6. The molecule has 0 atom stereocenters. The second kappa shape index (κ2) is 5.86. The average Bonchev–Trinajstić information content (AvgIpc) is 3.20. The SMILES string of the molecule is N#Cc1ccccc1-n1nc(-c2cccc(Cl)c2Cl)c2c1NCC2. The zero-order valence-electron chi connectivity index (χ0n) is 12.6. The van der Waals surface area contributed by atoms with Gasteiger partial charge in [-0.3, -0.25) is 0 Å². The van der Waals surface area contributed by atoms with Crippen molar-refractivity contribution < 1.29 is 0 Å². The summed E-state index contributed by atoms with van der Waals surface area (Å²) in [5.74, 6) is 0.906. The lowest BCUT2D eigenvalue weighted by atomic mass is 10.1. The van der Waals surface area contributed by atoms with Gasteiger partial charge in [0, 0.05) is 17.7 Å². The van der Waals surface area contributed by atoms with Gasteiger partial charge in [0.15, 0.2) is 0 Å². The number of aromatic nitrogens is 2. The molecule has 0 radical (unpaired) electrons. The Morgan fingerprint density at radius 1 is 1.12 bits per heavy atom. The highest BCUT2D eigenvalue weighted by atomic mass is 35.5. The average molecular weight is 355 g/mol. The third kappa shape index (κ3) is 2.25. The second-order valence-corrected chi connectivity index (χ2v) is 6.28. The van der Waals surface area contributed by atoms with Crippen molar-refractivity contribution in [2.45, 2.75) is 6.42 Å². The first-order valence-corrected chi connectivity index (χ1v) is 8.26. The molecule has 0 amide bonds. The van der Waals surface area contributed by atoms with Crippen LogP contribution in [0, 0.1) is 11.3 Å². The van der Waals surface area contributed by atoms with Crippen molar-refractivity contribution in [1.29, 1.82) is 5.26 Å². The molecule has 2 aromatic carbocycles. The molecule has 0 spiro atoms. The van der Waals surface area contributed by atoms with Gasteiger partial charge < -0.3 is 5.32 Å². The molecule has 1 N–H and O–H groups in total. The molecule has 0 saturated carbocycles. The van der Waals surface area contributed by atoms with Crippen LogP contribution >= 0.6 is 23.2 Å². The second-order valence-electron chi connectivity index (χ2n) is 5.49. The topological polar surface area (TPSA) is 53.6 Å². The van der Waals surface area contributed by atoms with Crippen LogP contribution in [-0.4, -0.2) is 16.3 Å². The van der Waals surface area contributed by atoms with E-state index in [2.05, 4.69) is 11.4 Å². The van der Waals surface area contributed by atoms with Gasteiger partial charge in [-0.05, 0) is 24.6 Å². The van der Waals surface area contributed by atoms with Crippen LogP contribution in [0.25, 0.3) is 16.9 Å². The standard InChI is InChI=1S/C18H12Cl2N4/c19-14-6-3-5-12(16(14)20)17-13-8-9-22-18(13)24(23-17)15-7-2-1-4-11(15)10-21/h1-7,22H,8-9H2. The van der Waals surface area contributed by atoms with Crippen LogP contribution in [0.3, 0.4) is 0 Å². The van der Waals surface area contributed by atoms with E-state index in [9.17, 15) is 5.26 Å². The highest BCUT2D eigenvalue weighted by Crippen LogP contribution is 2.39. The summed E-state index contributed by atoms with van der Waals surface area (Å²) in [6, 6.07) is 15.2. The first kappa shape index (κ1) is 15.1. The highest BCUT2D eigenvalue weighted by molar-refractivity contribution is 6.43. The van der Waals surface area contributed by atoms with E-state index in [4.69, 9.17) is 28.3 Å². The van der Waals surface area contributed by atoms with Crippen LogP contribution in [0.5, 0.6) is 0 Å². The van der Waals surface area contributed by atoms with Crippen molar-refractivity contribution in [2.24, 2.45) is 0 Å². The maximum absolute atomic E-state index is 9.38. The summed E-state index contributed by atoms with van der Waals surface area (Å²) in [5, 5.41) is 18.5. The van der Waals surface area contributed by atoms with Crippen LogP contribution in [0.4, 0.5) is 5.82 Å². The van der Waals surface area contributed by atoms with Gasteiger partial charge in [-0.1, -0.05) is 47.5 Å². The summed E-state index contributed by atoms with van der Waals surface area (Å²) in [6.07, 6.45) is 0.849. The van der Waals surface area contributed by atoms with Crippen LogP contribution in [0.15, 0.2) is 42.5 Å². The number of hydrogen-bond donors (Lipinski definition) is 1. The minimum atomic E-state index is 0.493. The Hall–Kier alpha value is -2.48. The van der Waals surface area contributed by atoms with Gasteiger partial charge in [-0.15, -0.1) is 0 Å². The lowest BCUT2D eigenvalue weighted by Gasteiger charge is -2.08. The maximum atomic E-state index is 9.38. The van der Waals surface area contributed by atoms with Gasteiger partial charge in [0.2, 0.25) is 0 Å². The van der Waals surface area contributed by atoms with Crippen LogP contribution in [0.1, 0.15) is 11.1 Å². The molecular weight excluding hydrogens is 343 g/mol. The number of benzene rings is 2. The number of anilines is 1. The Labute approximate surface area is 149 Å². The molecule has 0 fully saturated rings. The number of halogens is 2. The largest absolute Gasteiger partial charge is 0.369 e. The summed E-state index contributed by atoms with van der Waals surface area (Å²) in [6.45, 7) is 0.826. The Balaban J connectivity index is 1.97.